The largest absolute Gasteiger partial charge is 0.472 e. The molecule has 0 bridgehead atoms. The number of Topliss-reactive ketones (excluding diaryl/α,β-unsaturated/α-hetero) is 1. The highest BCUT2D eigenvalue weighted by molar-refractivity contribution is 5.98. The van der Waals surface area contributed by atoms with Gasteiger partial charge in [0.15, 0.2) is 5.78 Å². The Bertz CT molecular complexity index is 322. The number of rotatable bonds is 2. The smallest absolute Gasteiger partial charge is 0.169 e. The van der Waals surface area contributed by atoms with E-state index in [0.29, 0.717) is 0 Å². The van der Waals surface area contributed by atoms with E-state index >= 15 is 0 Å². The first-order valence-corrected chi connectivity index (χ1v) is 5.18. The summed E-state index contributed by atoms with van der Waals surface area (Å²) in [7, 11) is 0. The first-order valence-electron chi connectivity index (χ1n) is 5.18. The number of carbonyl (C=O) groups is 1. The minimum absolute atomic E-state index is 0.161. The van der Waals surface area contributed by atoms with Gasteiger partial charge in [-0.15, -0.1) is 0 Å². The maximum Gasteiger partial charge on any atom is 0.169 e. The molecule has 14 heavy (non-hydrogen) atoms. The monoisotopic (exact) mass is 192 g/mol. The Balaban J connectivity index is 2.20. The van der Waals surface area contributed by atoms with Crippen LogP contribution in [0, 0.1) is 11.3 Å². The van der Waals surface area contributed by atoms with Gasteiger partial charge in [-0.3, -0.25) is 4.79 Å². The summed E-state index contributed by atoms with van der Waals surface area (Å²) >= 11 is 0. The van der Waals surface area contributed by atoms with Gasteiger partial charge in [0.2, 0.25) is 0 Å². The third kappa shape index (κ3) is 1.49. The Labute approximate surface area is 84.3 Å². The summed E-state index contributed by atoms with van der Waals surface area (Å²) in [5.74, 6) is 0.432. The predicted octanol–water partition coefficient (Wildman–Crippen LogP) is 3.29. The Kier molecular flexibility index (Phi) is 2.22. The molecule has 1 unspecified atom stereocenters. The van der Waals surface area contributed by atoms with Crippen LogP contribution in [0.4, 0.5) is 0 Å². The maximum atomic E-state index is 12.1. The molecular formula is C12H16O2. The van der Waals surface area contributed by atoms with E-state index in [4.69, 9.17) is 4.42 Å². The number of furan rings is 1. The Morgan fingerprint density at radius 2 is 2.36 bits per heavy atom. The van der Waals surface area contributed by atoms with Crippen molar-refractivity contribution in [3.05, 3.63) is 24.2 Å². The van der Waals surface area contributed by atoms with Crippen molar-refractivity contribution in [3.8, 4) is 0 Å². The Morgan fingerprint density at radius 1 is 1.57 bits per heavy atom. The SMILES string of the molecule is CC1(C)CCCC1C(=O)c1ccoc1. The first-order chi connectivity index (χ1) is 6.61. The lowest BCUT2D eigenvalue weighted by Crippen LogP contribution is -2.25. The topological polar surface area (TPSA) is 30.2 Å². The van der Waals surface area contributed by atoms with Crippen LogP contribution >= 0.6 is 0 Å². The van der Waals surface area contributed by atoms with Crippen LogP contribution in [0.3, 0.4) is 0 Å². The van der Waals surface area contributed by atoms with Gasteiger partial charge in [-0.1, -0.05) is 20.3 Å². The van der Waals surface area contributed by atoms with Crippen LogP contribution in [0.2, 0.25) is 0 Å². The molecule has 0 aromatic carbocycles. The molecule has 1 heterocycles. The third-order valence-electron chi connectivity index (χ3n) is 3.38. The van der Waals surface area contributed by atoms with Crippen molar-refractivity contribution in [2.24, 2.45) is 11.3 Å². The van der Waals surface area contributed by atoms with Crippen molar-refractivity contribution in [2.45, 2.75) is 33.1 Å². The van der Waals surface area contributed by atoms with Gasteiger partial charge >= 0.3 is 0 Å². The van der Waals surface area contributed by atoms with Crippen molar-refractivity contribution in [1.29, 1.82) is 0 Å². The van der Waals surface area contributed by atoms with Crippen LogP contribution < -0.4 is 0 Å². The molecule has 1 saturated carbocycles. The zero-order valence-corrected chi connectivity index (χ0v) is 8.75. The lowest BCUT2D eigenvalue weighted by atomic mass is 9.78. The van der Waals surface area contributed by atoms with E-state index in [1.165, 1.54) is 6.42 Å². The van der Waals surface area contributed by atoms with E-state index in [2.05, 4.69) is 13.8 Å². The summed E-state index contributed by atoms with van der Waals surface area (Å²) in [5.41, 5.74) is 0.888. The molecular weight excluding hydrogens is 176 g/mol. The summed E-state index contributed by atoms with van der Waals surface area (Å²) in [6.45, 7) is 4.37. The normalized spacial score (nSPS) is 25.1. The van der Waals surface area contributed by atoms with Crippen LogP contribution in [0.1, 0.15) is 43.5 Å². The molecule has 2 nitrogen and oxygen atoms in total. The number of hydrogen-bond donors (Lipinski definition) is 0. The van der Waals surface area contributed by atoms with Gasteiger partial charge in [0.1, 0.15) is 6.26 Å². The fraction of sp³-hybridized carbons (Fsp3) is 0.583. The van der Waals surface area contributed by atoms with E-state index in [0.717, 1.165) is 18.4 Å². The molecule has 1 fully saturated rings. The average Bonchev–Trinajstić information content (AvgIpc) is 2.71. The van der Waals surface area contributed by atoms with Crippen molar-refractivity contribution in [3.63, 3.8) is 0 Å². The van der Waals surface area contributed by atoms with Crippen molar-refractivity contribution < 1.29 is 9.21 Å². The number of ketones is 1. The summed E-state index contributed by atoms with van der Waals surface area (Å²) in [6, 6.07) is 1.76. The van der Waals surface area contributed by atoms with E-state index in [1.807, 2.05) is 0 Å². The highest BCUT2D eigenvalue weighted by atomic mass is 16.3. The minimum Gasteiger partial charge on any atom is -0.472 e. The van der Waals surface area contributed by atoms with Gasteiger partial charge in [-0.05, 0) is 24.3 Å². The Morgan fingerprint density at radius 3 is 2.86 bits per heavy atom. The molecule has 1 aromatic heterocycles. The minimum atomic E-state index is 0.161. The zero-order chi connectivity index (χ0) is 10.2. The van der Waals surface area contributed by atoms with Crippen LogP contribution in [0.5, 0.6) is 0 Å². The zero-order valence-electron chi connectivity index (χ0n) is 8.75. The van der Waals surface area contributed by atoms with Crippen molar-refractivity contribution >= 4 is 5.78 Å². The van der Waals surface area contributed by atoms with Gasteiger partial charge < -0.3 is 4.42 Å². The van der Waals surface area contributed by atoms with E-state index in [1.54, 1.807) is 18.6 Å². The van der Waals surface area contributed by atoms with Crippen LogP contribution in [-0.2, 0) is 0 Å². The molecule has 76 valence electrons. The average molecular weight is 192 g/mol. The van der Waals surface area contributed by atoms with Crippen molar-refractivity contribution in [1.82, 2.24) is 0 Å². The summed E-state index contributed by atoms with van der Waals surface area (Å²) in [5, 5.41) is 0. The summed E-state index contributed by atoms with van der Waals surface area (Å²) < 4.78 is 4.94. The molecule has 2 heteroatoms. The van der Waals surface area contributed by atoms with Gasteiger partial charge in [0.05, 0.1) is 11.8 Å². The first kappa shape index (κ1) is 9.50. The fourth-order valence-corrected chi connectivity index (χ4v) is 2.42. The van der Waals surface area contributed by atoms with Crippen LogP contribution in [0.25, 0.3) is 0 Å². The second kappa shape index (κ2) is 3.26. The molecule has 2 rings (SSSR count). The van der Waals surface area contributed by atoms with E-state index < -0.39 is 0 Å². The van der Waals surface area contributed by atoms with Gasteiger partial charge in [0, 0.05) is 5.92 Å². The quantitative estimate of drug-likeness (QED) is 0.673. The van der Waals surface area contributed by atoms with E-state index in [-0.39, 0.29) is 17.1 Å². The van der Waals surface area contributed by atoms with E-state index in [9.17, 15) is 4.79 Å². The second-order valence-electron chi connectivity index (χ2n) is 4.81. The Hall–Kier alpha value is -1.05. The predicted molar refractivity (Wildman–Crippen MR) is 54.2 cm³/mol. The third-order valence-corrected chi connectivity index (χ3v) is 3.38. The molecule has 0 aliphatic heterocycles. The summed E-state index contributed by atoms with van der Waals surface area (Å²) in [4.78, 5) is 12.1. The lowest BCUT2D eigenvalue weighted by molar-refractivity contribution is 0.0838. The van der Waals surface area contributed by atoms with Gasteiger partial charge in [0.25, 0.3) is 0 Å². The lowest BCUT2D eigenvalue weighted by Gasteiger charge is -2.25. The van der Waals surface area contributed by atoms with Crippen LogP contribution in [0.15, 0.2) is 23.0 Å². The number of carbonyl (C=O) groups excluding carboxylic acids is 1. The van der Waals surface area contributed by atoms with Gasteiger partial charge in [-0.2, -0.15) is 0 Å². The molecule has 1 aromatic rings. The number of hydrogen-bond acceptors (Lipinski definition) is 2. The second-order valence-corrected chi connectivity index (χ2v) is 4.81. The molecule has 0 saturated heterocycles. The molecule has 0 N–H and O–H groups in total. The fourth-order valence-electron chi connectivity index (χ4n) is 2.42. The molecule has 0 amide bonds. The molecule has 1 aliphatic rings. The molecule has 1 atom stereocenters. The maximum absolute atomic E-state index is 12.1. The molecule has 1 aliphatic carbocycles. The summed E-state index contributed by atoms with van der Waals surface area (Å²) in [6.07, 6.45) is 6.46. The highest BCUT2D eigenvalue weighted by Gasteiger charge is 2.39. The highest BCUT2D eigenvalue weighted by Crippen LogP contribution is 2.44. The standard InChI is InChI=1S/C12H16O2/c1-12(2)6-3-4-10(12)11(13)9-5-7-14-8-9/h5,7-8,10H,3-4,6H2,1-2H3. The van der Waals surface area contributed by atoms with Crippen molar-refractivity contribution in [2.75, 3.05) is 0 Å². The van der Waals surface area contributed by atoms with Gasteiger partial charge in [-0.25, -0.2) is 0 Å². The molecule has 0 radical (unpaired) electrons. The molecule has 0 spiro atoms. The van der Waals surface area contributed by atoms with Crippen LogP contribution in [-0.4, -0.2) is 5.78 Å².